The zero-order valence-corrected chi connectivity index (χ0v) is 17.7. The lowest BCUT2D eigenvalue weighted by molar-refractivity contribution is -0.118. The molecule has 2 rings (SSSR count). The number of hydrogen-bond acceptors (Lipinski definition) is 3. The molecule has 0 bridgehead atoms. The molecule has 0 heterocycles. The minimum Gasteiger partial charge on any atom is -0.351 e. The molecule has 0 unspecified atom stereocenters. The molecule has 1 saturated carbocycles. The van der Waals surface area contributed by atoms with Crippen molar-refractivity contribution in [2.45, 2.75) is 58.4 Å². The van der Waals surface area contributed by atoms with E-state index in [4.69, 9.17) is 11.6 Å². The fourth-order valence-electron chi connectivity index (χ4n) is 3.09. The predicted octanol–water partition coefficient (Wildman–Crippen LogP) is 4.40. The number of benzene rings is 1. The summed E-state index contributed by atoms with van der Waals surface area (Å²) in [6.45, 7) is 4.94. The molecule has 0 aromatic heterocycles. The Morgan fingerprint density at radius 1 is 1.11 bits per heavy atom. The van der Waals surface area contributed by atoms with Crippen LogP contribution in [0.25, 0.3) is 0 Å². The second kappa shape index (κ2) is 12.2. The lowest BCUT2D eigenvalue weighted by atomic mass is 10.1. The highest BCUT2D eigenvalue weighted by molar-refractivity contribution is 6.34. The molecule has 0 atom stereocenters. The van der Waals surface area contributed by atoms with Gasteiger partial charge in [-0.1, -0.05) is 51.1 Å². The minimum atomic E-state index is -0.224. The van der Waals surface area contributed by atoms with Gasteiger partial charge < -0.3 is 16.0 Å². The lowest BCUT2D eigenvalue weighted by Crippen LogP contribution is -2.37. The van der Waals surface area contributed by atoms with E-state index in [9.17, 15) is 9.59 Å². The van der Waals surface area contributed by atoms with E-state index < -0.39 is 0 Å². The Hall–Kier alpha value is -1.30. The smallest absolute Gasteiger partial charge is 0.252 e. The third kappa shape index (κ3) is 8.08. The van der Waals surface area contributed by atoms with Crippen molar-refractivity contribution in [3.8, 4) is 0 Å². The van der Waals surface area contributed by atoms with E-state index in [1.54, 1.807) is 18.2 Å². The molecule has 152 valence electrons. The lowest BCUT2D eigenvalue weighted by Gasteiger charge is -2.16. The van der Waals surface area contributed by atoms with Crippen molar-refractivity contribution >= 4 is 41.5 Å². The van der Waals surface area contributed by atoms with Crippen molar-refractivity contribution in [2.24, 2.45) is 5.92 Å². The highest BCUT2D eigenvalue weighted by atomic mass is 35.5. The number of nitrogens with one attached hydrogen (secondary N) is 3. The molecule has 7 heteroatoms. The SMILES string of the molecule is CC(C)C(=O)Nc1ccc(Cl)c(C(=O)NCCNC2CCCCCC2)c1.Cl. The van der Waals surface area contributed by atoms with Crippen LogP contribution in [0.3, 0.4) is 0 Å². The van der Waals surface area contributed by atoms with Gasteiger partial charge in [0.1, 0.15) is 0 Å². The average molecular weight is 416 g/mol. The maximum atomic E-state index is 12.4. The van der Waals surface area contributed by atoms with Gasteiger partial charge >= 0.3 is 0 Å². The van der Waals surface area contributed by atoms with Gasteiger partial charge in [0.15, 0.2) is 0 Å². The number of anilines is 1. The standard InChI is InChI=1S/C20H30ClN3O2.ClH/c1-14(2)19(25)24-16-9-10-18(21)17(13-16)20(26)23-12-11-22-15-7-5-3-4-6-8-15;/h9-10,13-15,22H,3-8,11-12H2,1-2H3,(H,23,26)(H,24,25);1H. The Kier molecular flexibility index (Phi) is 10.7. The van der Waals surface area contributed by atoms with E-state index in [0.29, 0.717) is 28.9 Å². The van der Waals surface area contributed by atoms with Gasteiger partial charge in [-0.2, -0.15) is 0 Å². The van der Waals surface area contributed by atoms with Crippen LogP contribution in [0.15, 0.2) is 18.2 Å². The number of carbonyl (C=O) groups is 2. The predicted molar refractivity (Wildman–Crippen MR) is 114 cm³/mol. The highest BCUT2D eigenvalue weighted by Crippen LogP contribution is 2.21. The number of carbonyl (C=O) groups excluding carboxylic acids is 2. The maximum absolute atomic E-state index is 12.4. The molecule has 1 aliphatic rings. The van der Waals surface area contributed by atoms with Crippen LogP contribution >= 0.6 is 24.0 Å². The second-order valence-corrected chi connectivity index (χ2v) is 7.64. The Morgan fingerprint density at radius 2 is 1.78 bits per heavy atom. The molecule has 1 aliphatic carbocycles. The summed E-state index contributed by atoms with van der Waals surface area (Å²) in [4.78, 5) is 24.2. The molecule has 5 nitrogen and oxygen atoms in total. The largest absolute Gasteiger partial charge is 0.351 e. The Bertz CT molecular complexity index is 615. The highest BCUT2D eigenvalue weighted by Gasteiger charge is 2.14. The van der Waals surface area contributed by atoms with Crippen molar-refractivity contribution < 1.29 is 9.59 Å². The molecule has 3 N–H and O–H groups in total. The first kappa shape index (κ1) is 23.7. The van der Waals surface area contributed by atoms with Crippen LogP contribution in [0.5, 0.6) is 0 Å². The van der Waals surface area contributed by atoms with Crippen LogP contribution in [0, 0.1) is 5.92 Å². The molecule has 0 spiro atoms. The first-order valence-corrected chi connectivity index (χ1v) is 9.97. The summed E-state index contributed by atoms with van der Waals surface area (Å²) in [5.41, 5.74) is 0.956. The average Bonchev–Trinajstić information content (AvgIpc) is 2.88. The van der Waals surface area contributed by atoms with Gasteiger partial charge in [-0.3, -0.25) is 9.59 Å². The van der Waals surface area contributed by atoms with Gasteiger partial charge in [-0.25, -0.2) is 0 Å². The number of amides is 2. The summed E-state index contributed by atoms with van der Waals surface area (Å²) in [6.07, 6.45) is 7.67. The van der Waals surface area contributed by atoms with Gasteiger partial charge in [0.25, 0.3) is 5.91 Å². The fraction of sp³-hybridized carbons (Fsp3) is 0.600. The maximum Gasteiger partial charge on any atom is 0.252 e. The molecule has 0 saturated heterocycles. The van der Waals surface area contributed by atoms with Gasteiger partial charge in [-0.05, 0) is 31.0 Å². The molecule has 0 radical (unpaired) electrons. The van der Waals surface area contributed by atoms with Crippen LogP contribution in [0.4, 0.5) is 5.69 Å². The van der Waals surface area contributed by atoms with Gasteiger partial charge in [-0.15, -0.1) is 12.4 Å². The number of rotatable bonds is 7. The minimum absolute atomic E-state index is 0. The first-order chi connectivity index (χ1) is 12.5. The molecule has 2 amide bonds. The topological polar surface area (TPSA) is 70.2 Å². The summed E-state index contributed by atoms with van der Waals surface area (Å²) in [5.74, 6) is -0.442. The van der Waals surface area contributed by atoms with Crippen LogP contribution in [0.2, 0.25) is 5.02 Å². The summed E-state index contributed by atoms with van der Waals surface area (Å²) in [5, 5.41) is 9.59. The van der Waals surface area contributed by atoms with E-state index in [0.717, 1.165) is 6.54 Å². The Balaban J connectivity index is 0.00000364. The zero-order chi connectivity index (χ0) is 18.9. The monoisotopic (exact) mass is 415 g/mol. The zero-order valence-electron chi connectivity index (χ0n) is 16.1. The number of hydrogen-bond donors (Lipinski definition) is 3. The molecule has 0 aliphatic heterocycles. The summed E-state index contributed by atoms with van der Waals surface area (Å²) < 4.78 is 0. The molecule has 27 heavy (non-hydrogen) atoms. The van der Waals surface area contributed by atoms with E-state index in [2.05, 4.69) is 16.0 Å². The molecule has 1 aromatic rings. The third-order valence-corrected chi connectivity index (χ3v) is 5.03. The molecular formula is C20H31Cl2N3O2. The molecule has 1 aromatic carbocycles. The molecule has 1 fully saturated rings. The van der Waals surface area contributed by atoms with Crippen molar-refractivity contribution in [3.63, 3.8) is 0 Å². The van der Waals surface area contributed by atoms with Crippen LogP contribution in [0.1, 0.15) is 62.7 Å². The third-order valence-electron chi connectivity index (χ3n) is 4.70. The van der Waals surface area contributed by atoms with Gasteiger partial charge in [0, 0.05) is 30.7 Å². The summed E-state index contributed by atoms with van der Waals surface area (Å²) in [6, 6.07) is 5.52. The fourth-order valence-corrected chi connectivity index (χ4v) is 3.30. The number of halogens is 2. The van der Waals surface area contributed by atoms with Crippen molar-refractivity contribution in [1.29, 1.82) is 0 Å². The van der Waals surface area contributed by atoms with Crippen LogP contribution in [-0.4, -0.2) is 30.9 Å². The van der Waals surface area contributed by atoms with Crippen molar-refractivity contribution in [2.75, 3.05) is 18.4 Å². The summed E-state index contributed by atoms with van der Waals surface area (Å²) >= 11 is 6.15. The summed E-state index contributed by atoms with van der Waals surface area (Å²) in [7, 11) is 0. The van der Waals surface area contributed by atoms with Crippen molar-refractivity contribution in [3.05, 3.63) is 28.8 Å². The Morgan fingerprint density at radius 3 is 2.41 bits per heavy atom. The molecular weight excluding hydrogens is 385 g/mol. The van der Waals surface area contributed by atoms with E-state index in [1.807, 2.05) is 13.8 Å². The van der Waals surface area contributed by atoms with E-state index in [-0.39, 0.29) is 30.1 Å². The van der Waals surface area contributed by atoms with Crippen LogP contribution < -0.4 is 16.0 Å². The normalized spacial score (nSPS) is 15.0. The second-order valence-electron chi connectivity index (χ2n) is 7.24. The van der Waals surface area contributed by atoms with Gasteiger partial charge in [0.05, 0.1) is 10.6 Å². The quantitative estimate of drug-likeness (QED) is 0.456. The Labute approximate surface area is 173 Å². The van der Waals surface area contributed by atoms with Crippen molar-refractivity contribution in [1.82, 2.24) is 10.6 Å². The van der Waals surface area contributed by atoms with Crippen LogP contribution in [-0.2, 0) is 4.79 Å². The first-order valence-electron chi connectivity index (χ1n) is 9.59. The van der Waals surface area contributed by atoms with E-state index >= 15 is 0 Å². The van der Waals surface area contributed by atoms with E-state index in [1.165, 1.54) is 38.5 Å². The van der Waals surface area contributed by atoms with Gasteiger partial charge in [0.2, 0.25) is 5.91 Å².